The highest BCUT2D eigenvalue weighted by Crippen LogP contribution is 2.29. The van der Waals surface area contributed by atoms with Crippen LogP contribution in [0.2, 0.25) is 0 Å². The summed E-state index contributed by atoms with van der Waals surface area (Å²) in [6.07, 6.45) is 7.87. The summed E-state index contributed by atoms with van der Waals surface area (Å²) < 4.78 is 0. The Morgan fingerprint density at radius 2 is 1.49 bits per heavy atom. The van der Waals surface area contributed by atoms with Gasteiger partial charge in [-0.15, -0.1) is 0 Å². The Labute approximate surface area is 209 Å². The Hall–Kier alpha value is -2.69. The van der Waals surface area contributed by atoms with E-state index in [-0.39, 0.29) is 0 Å². The van der Waals surface area contributed by atoms with Gasteiger partial charge >= 0.3 is 0 Å². The minimum Gasteiger partial charge on any atom is -0.339 e. The molecule has 0 unspecified atom stereocenters. The molecular weight excluding hydrogens is 430 g/mol. The van der Waals surface area contributed by atoms with Crippen LogP contribution in [0.1, 0.15) is 43.2 Å². The van der Waals surface area contributed by atoms with E-state index in [1.807, 2.05) is 0 Å². The van der Waals surface area contributed by atoms with Crippen molar-refractivity contribution in [3.63, 3.8) is 0 Å². The molecule has 3 aromatic rings. The van der Waals surface area contributed by atoms with Gasteiger partial charge in [-0.05, 0) is 58.4 Å². The lowest BCUT2D eigenvalue weighted by molar-refractivity contribution is -0.134. The summed E-state index contributed by atoms with van der Waals surface area (Å²) in [7, 11) is 0. The van der Waals surface area contributed by atoms with Crippen LogP contribution in [0.3, 0.4) is 0 Å². The summed E-state index contributed by atoms with van der Waals surface area (Å²) in [5.41, 5.74) is 5.36. The van der Waals surface area contributed by atoms with E-state index in [2.05, 4.69) is 75.4 Å². The van der Waals surface area contributed by atoms with E-state index in [0.29, 0.717) is 12.5 Å². The van der Waals surface area contributed by atoms with E-state index in [9.17, 15) is 4.79 Å². The van der Waals surface area contributed by atoms with Crippen molar-refractivity contribution in [1.29, 1.82) is 0 Å². The van der Waals surface area contributed by atoms with Crippen molar-refractivity contribution in [2.45, 2.75) is 51.1 Å². The molecule has 0 spiro atoms. The number of benzene rings is 3. The normalized spacial score (nSPS) is 20.2. The van der Waals surface area contributed by atoms with Gasteiger partial charge in [0.15, 0.2) is 0 Å². The fourth-order valence-electron chi connectivity index (χ4n) is 6.37. The van der Waals surface area contributed by atoms with Crippen molar-refractivity contribution in [1.82, 2.24) is 14.7 Å². The third-order valence-corrected chi connectivity index (χ3v) is 8.50. The first-order chi connectivity index (χ1) is 17.2. The first-order valence-electron chi connectivity index (χ1n) is 13.6. The number of piperazine rings is 1. The molecule has 1 saturated carbocycles. The van der Waals surface area contributed by atoms with Gasteiger partial charge in [0.05, 0.1) is 6.54 Å². The second-order valence-corrected chi connectivity index (χ2v) is 10.7. The quantitative estimate of drug-likeness (QED) is 0.518. The maximum absolute atomic E-state index is 13.1. The summed E-state index contributed by atoms with van der Waals surface area (Å²) in [5, 5.41) is 2.57. The zero-order chi connectivity index (χ0) is 23.6. The number of nitrogens with zero attached hydrogens (tertiary/aromatic N) is 3. The number of carbonyl (C=O) groups is 1. The maximum Gasteiger partial charge on any atom is 0.236 e. The Morgan fingerprint density at radius 3 is 2.31 bits per heavy atom. The number of hydrogen-bond acceptors (Lipinski definition) is 3. The molecule has 0 atom stereocenters. The van der Waals surface area contributed by atoms with Crippen molar-refractivity contribution in [3.8, 4) is 11.1 Å². The first kappa shape index (κ1) is 22.8. The molecule has 3 aromatic carbocycles. The van der Waals surface area contributed by atoms with Gasteiger partial charge in [-0.2, -0.15) is 0 Å². The Morgan fingerprint density at radius 1 is 0.743 bits per heavy atom. The minimum absolute atomic E-state index is 0.310. The van der Waals surface area contributed by atoms with Gasteiger partial charge in [-0.3, -0.25) is 14.6 Å². The fourth-order valence-corrected chi connectivity index (χ4v) is 6.37. The highest BCUT2D eigenvalue weighted by molar-refractivity contribution is 5.87. The van der Waals surface area contributed by atoms with Crippen molar-refractivity contribution in [2.75, 3.05) is 39.3 Å². The minimum atomic E-state index is 0.310. The molecule has 2 heterocycles. The smallest absolute Gasteiger partial charge is 0.236 e. The van der Waals surface area contributed by atoms with E-state index in [1.54, 1.807) is 0 Å². The monoisotopic (exact) mass is 467 g/mol. The van der Waals surface area contributed by atoms with Crippen LogP contribution >= 0.6 is 0 Å². The summed E-state index contributed by atoms with van der Waals surface area (Å²) in [6, 6.07) is 22.9. The molecule has 6 rings (SSSR count). The van der Waals surface area contributed by atoms with E-state index in [1.165, 1.54) is 65.1 Å². The number of fused-ring (bicyclic) bond motifs is 2. The lowest BCUT2D eigenvalue weighted by atomic mass is 9.93. The molecule has 2 fully saturated rings. The van der Waals surface area contributed by atoms with E-state index in [0.717, 1.165) is 51.7 Å². The second kappa shape index (κ2) is 10.1. The van der Waals surface area contributed by atoms with Crippen molar-refractivity contribution in [3.05, 3.63) is 71.8 Å². The molecule has 4 nitrogen and oxygen atoms in total. The molecule has 3 aliphatic rings. The molecule has 0 N–H and O–H groups in total. The third kappa shape index (κ3) is 5.00. The standard InChI is InChI=1S/C31H37N3O/c35-31(34-18-16-33(17-19-34)30-8-2-1-3-9-30)23-32-15-14-28-21-27(12-13-29(28)22-32)26-11-10-24-6-4-5-7-25(24)20-26/h4-7,10-13,20-21,30H,1-3,8-9,14-19,22-23H2. The molecule has 0 aromatic heterocycles. The summed E-state index contributed by atoms with van der Waals surface area (Å²) in [6.45, 7) is 6.29. The number of carbonyl (C=O) groups excluding carboxylic acids is 1. The predicted molar refractivity (Wildman–Crippen MR) is 143 cm³/mol. The predicted octanol–water partition coefficient (Wildman–Crippen LogP) is 5.34. The summed E-state index contributed by atoms with van der Waals surface area (Å²) in [4.78, 5) is 20.2. The lowest BCUT2D eigenvalue weighted by Gasteiger charge is -2.41. The van der Waals surface area contributed by atoms with Gasteiger partial charge in [0.2, 0.25) is 5.91 Å². The molecular formula is C31H37N3O. The molecule has 0 radical (unpaired) electrons. The van der Waals surface area contributed by atoms with E-state index >= 15 is 0 Å². The molecule has 0 bridgehead atoms. The van der Waals surface area contributed by atoms with Gasteiger partial charge in [0.1, 0.15) is 0 Å². The Balaban J connectivity index is 1.05. The zero-order valence-electron chi connectivity index (χ0n) is 20.8. The summed E-state index contributed by atoms with van der Waals surface area (Å²) >= 11 is 0. The molecule has 182 valence electrons. The number of rotatable bonds is 4. The van der Waals surface area contributed by atoms with Crippen LogP contribution in [0.4, 0.5) is 0 Å². The van der Waals surface area contributed by atoms with Crippen LogP contribution in [0.25, 0.3) is 21.9 Å². The van der Waals surface area contributed by atoms with Gasteiger partial charge in [0.25, 0.3) is 0 Å². The van der Waals surface area contributed by atoms with Gasteiger partial charge < -0.3 is 4.90 Å². The molecule has 1 saturated heterocycles. The van der Waals surface area contributed by atoms with Crippen molar-refractivity contribution in [2.24, 2.45) is 0 Å². The fraction of sp³-hybridized carbons (Fsp3) is 0.452. The molecule has 1 aliphatic carbocycles. The van der Waals surface area contributed by atoms with Gasteiger partial charge in [-0.1, -0.05) is 73.9 Å². The van der Waals surface area contributed by atoms with Crippen LogP contribution < -0.4 is 0 Å². The molecule has 1 amide bonds. The van der Waals surface area contributed by atoms with Gasteiger partial charge in [0, 0.05) is 45.3 Å². The van der Waals surface area contributed by atoms with Crippen molar-refractivity contribution < 1.29 is 4.79 Å². The molecule has 2 aliphatic heterocycles. The Bertz CT molecular complexity index is 1190. The van der Waals surface area contributed by atoms with Crippen LogP contribution in [-0.2, 0) is 17.8 Å². The average Bonchev–Trinajstić information content (AvgIpc) is 2.93. The van der Waals surface area contributed by atoms with Crippen LogP contribution in [0.15, 0.2) is 60.7 Å². The van der Waals surface area contributed by atoms with Gasteiger partial charge in [-0.25, -0.2) is 0 Å². The third-order valence-electron chi connectivity index (χ3n) is 8.50. The summed E-state index contributed by atoms with van der Waals surface area (Å²) in [5.74, 6) is 0.310. The molecule has 4 heteroatoms. The largest absolute Gasteiger partial charge is 0.339 e. The van der Waals surface area contributed by atoms with Crippen LogP contribution in [0.5, 0.6) is 0 Å². The van der Waals surface area contributed by atoms with Crippen molar-refractivity contribution >= 4 is 16.7 Å². The average molecular weight is 468 g/mol. The SMILES string of the molecule is O=C(CN1CCc2cc(-c3ccc4ccccc4c3)ccc2C1)N1CCN(C2CCCCC2)CC1. The topological polar surface area (TPSA) is 26.8 Å². The highest BCUT2D eigenvalue weighted by Gasteiger charge is 2.28. The van der Waals surface area contributed by atoms with E-state index < -0.39 is 0 Å². The zero-order valence-corrected chi connectivity index (χ0v) is 20.8. The number of hydrogen-bond donors (Lipinski definition) is 0. The Kier molecular flexibility index (Phi) is 6.58. The lowest BCUT2D eigenvalue weighted by Crippen LogP contribution is -2.54. The molecule has 35 heavy (non-hydrogen) atoms. The highest BCUT2D eigenvalue weighted by atomic mass is 16.2. The van der Waals surface area contributed by atoms with E-state index in [4.69, 9.17) is 0 Å². The van der Waals surface area contributed by atoms with Crippen LogP contribution in [-0.4, -0.2) is 65.9 Å². The maximum atomic E-state index is 13.1. The number of amides is 1. The van der Waals surface area contributed by atoms with Crippen LogP contribution in [0, 0.1) is 0 Å². The second-order valence-electron chi connectivity index (χ2n) is 10.7. The first-order valence-corrected chi connectivity index (χ1v) is 13.6.